The standard InChI is InChI=1S/C62H73NO6/c1-3-4-5-6-7-8-9-10-11-12-13-14-15-16-17-30-41-63-55-43-54(66-45-49-31-22-18-23-32-49)44-58(68-47-51-35-26-20-27-36-51)59(55)61(64)62(69-48-52-37-28-21-29-38-52)60(63)53-39-40-56(57(42-53)65-2)67-46-50-33-24-19-25-34-50/h18-29,31-40,42-44H,3-17,30,41,45-48H2,1-2H3. The fourth-order valence-corrected chi connectivity index (χ4v) is 9.03. The Bertz CT molecular complexity index is 2610. The van der Waals surface area contributed by atoms with Crippen LogP contribution < -0.4 is 29.1 Å². The van der Waals surface area contributed by atoms with Gasteiger partial charge in [-0.05, 0) is 46.9 Å². The molecule has 0 saturated heterocycles. The van der Waals surface area contributed by atoms with E-state index in [-0.39, 0.29) is 24.4 Å². The van der Waals surface area contributed by atoms with Gasteiger partial charge in [0.15, 0.2) is 17.2 Å². The van der Waals surface area contributed by atoms with E-state index in [4.69, 9.17) is 23.7 Å². The van der Waals surface area contributed by atoms with E-state index in [0.717, 1.165) is 52.6 Å². The number of pyridine rings is 1. The molecule has 362 valence electrons. The fraction of sp³-hybridized carbons (Fsp3) is 0.371. The zero-order valence-corrected chi connectivity index (χ0v) is 41.2. The van der Waals surface area contributed by atoms with Crippen molar-refractivity contribution < 1.29 is 23.7 Å². The van der Waals surface area contributed by atoms with Crippen molar-refractivity contribution in [3.63, 3.8) is 0 Å². The highest BCUT2D eigenvalue weighted by molar-refractivity contribution is 5.92. The number of benzene rings is 6. The van der Waals surface area contributed by atoms with Crippen LogP contribution in [0.3, 0.4) is 0 Å². The highest BCUT2D eigenvalue weighted by atomic mass is 16.5. The summed E-state index contributed by atoms with van der Waals surface area (Å²) in [6.07, 6.45) is 20.6. The Labute approximate surface area is 411 Å². The Morgan fingerprint density at radius 3 is 1.33 bits per heavy atom. The van der Waals surface area contributed by atoms with Crippen LogP contribution >= 0.6 is 0 Å². The number of aryl methyl sites for hydroxylation is 1. The maximum atomic E-state index is 15.4. The second-order valence-corrected chi connectivity index (χ2v) is 18.2. The van der Waals surface area contributed by atoms with Crippen molar-refractivity contribution in [1.29, 1.82) is 0 Å². The van der Waals surface area contributed by atoms with E-state index in [2.05, 4.69) is 23.6 Å². The Morgan fingerprint density at radius 2 is 0.855 bits per heavy atom. The Morgan fingerprint density at radius 1 is 0.420 bits per heavy atom. The molecule has 1 aromatic heterocycles. The van der Waals surface area contributed by atoms with Crippen LogP contribution in [0.25, 0.3) is 22.2 Å². The van der Waals surface area contributed by atoms with Gasteiger partial charge in [0.05, 0.1) is 23.7 Å². The van der Waals surface area contributed by atoms with E-state index in [1.165, 1.54) is 83.5 Å². The second-order valence-electron chi connectivity index (χ2n) is 18.2. The normalized spacial score (nSPS) is 11.2. The van der Waals surface area contributed by atoms with Crippen molar-refractivity contribution in [2.75, 3.05) is 7.11 Å². The van der Waals surface area contributed by atoms with Crippen LogP contribution in [0.4, 0.5) is 0 Å². The molecule has 0 radical (unpaired) electrons. The lowest BCUT2D eigenvalue weighted by Crippen LogP contribution is -2.18. The molecule has 0 fully saturated rings. The minimum Gasteiger partial charge on any atom is -0.493 e. The third-order valence-corrected chi connectivity index (χ3v) is 12.9. The number of hydrogen-bond donors (Lipinski definition) is 0. The van der Waals surface area contributed by atoms with E-state index in [1.807, 2.05) is 140 Å². The minimum atomic E-state index is -0.250. The lowest BCUT2D eigenvalue weighted by molar-refractivity contribution is 0.284. The molecule has 7 aromatic rings. The molecule has 0 atom stereocenters. The number of fused-ring (bicyclic) bond motifs is 1. The third-order valence-electron chi connectivity index (χ3n) is 12.9. The van der Waals surface area contributed by atoms with E-state index in [0.29, 0.717) is 53.8 Å². The molecule has 0 unspecified atom stereocenters. The van der Waals surface area contributed by atoms with Crippen molar-refractivity contribution in [1.82, 2.24) is 4.57 Å². The quantitative estimate of drug-likeness (QED) is 0.0404. The summed E-state index contributed by atoms with van der Waals surface area (Å²) in [5.41, 5.74) is 5.97. The summed E-state index contributed by atoms with van der Waals surface area (Å²) in [6, 6.07) is 50.0. The van der Waals surface area contributed by atoms with Gasteiger partial charge in [-0.3, -0.25) is 4.79 Å². The summed E-state index contributed by atoms with van der Waals surface area (Å²) in [4.78, 5) is 15.4. The summed E-state index contributed by atoms with van der Waals surface area (Å²) in [6.45, 7) is 4.16. The number of unbranched alkanes of at least 4 members (excludes halogenated alkanes) is 15. The SMILES string of the molecule is CCCCCCCCCCCCCCCCCCn1c(-c2ccc(OCc3ccccc3)c(OC)c2)c(OCc2ccccc2)c(=O)c2c(OCc3ccccc3)cc(OCc3ccccc3)cc21. The van der Waals surface area contributed by atoms with Gasteiger partial charge >= 0.3 is 0 Å². The smallest absolute Gasteiger partial charge is 0.235 e. The predicted molar refractivity (Wildman–Crippen MR) is 283 cm³/mol. The summed E-state index contributed by atoms with van der Waals surface area (Å²) in [7, 11) is 1.65. The fourth-order valence-electron chi connectivity index (χ4n) is 9.03. The lowest BCUT2D eigenvalue weighted by Gasteiger charge is -2.24. The van der Waals surface area contributed by atoms with Crippen molar-refractivity contribution in [2.24, 2.45) is 0 Å². The first-order chi connectivity index (χ1) is 34.1. The summed E-state index contributed by atoms with van der Waals surface area (Å²) < 4.78 is 34.6. The molecule has 0 aliphatic rings. The van der Waals surface area contributed by atoms with Gasteiger partial charge < -0.3 is 28.3 Å². The molecule has 6 aromatic carbocycles. The average Bonchev–Trinajstić information content (AvgIpc) is 3.40. The van der Waals surface area contributed by atoms with Crippen LogP contribution in [-0.4, -0.2) is 11.7 Å². The number of aromatic nitrogens is 1. The molecule has 1 heterocycles. The molecule has 0 spiro atoms. The first-order valence-corrected chi connectivity index (χ1v) is 25.7. The molecule has 7 heteroatoms. The number of ether oxygens (including phenoxy) is 5. The van der Waals surface area contributed by atoms with Gasteiger partial charge in [-0.15, -0.1) is 0 Å². The molecular formula is C62H73NO6. The molecule has 0 amide bonds. The molecule has 0 N–H and O–H groups in total. The van der Waals surface area contributed by atoms with Gasteiger partial charge in [0, 0.05) is 24.2 Å². The number of methoxy groups -OCH3 is 1. The number of hydrogen-bond acceptors (Lipinski definition) is 6. The van der Waals surface area contributed by atoms with Crippen molar-refractivity contribution in [2.45, 2.75) is 143 Å². The Balaban J connectivity index is 1.21. The van der Waals surface area contributed by atoms with Gasteiger partial charge in [0.2, 0.25) is 5.43 Å². The lowest BCUT2D eigenvalue weighted by atomic mass is 10.0. The van der Waals surface area contributed by atoms with E-state index >= 15 is 4.79 Å². The van der Waals surface area contributed by atoms with Gasteiger partial charge in [0.25, 0.3) is 0 Å². The number of nitrogens with zero attached hydrogens (tertiary/aromatic N) is 1. The van der Waals surface area contributed by atoms with Crippen LogP contribution in [0.2, 0.25) is 0 Å². The summed E-state index contributed by atoms with van der Waals surface area (Å²) in [5, 5.41) is 0.455. The van der Waals surface area contributed by atoms with Crippen LogP contribution in [0.5, 0.6) is 28.7 Å². The Hall–Kier alpha value is -6.47. The van der Waals surface area contributed by atoms with E-state index in [1.54, 1.807) is 7.11 Å². The van der Waals surface area contributed by atoms with Gasteiger partial charge in [-0.2, -0.15) is 0 Å². The zero-order valence-electron chi connectivity index (χ0n) is 41.2. The van der Waals surface area contributed by atoms with Crippen LogP contribution in [0, 0.1) is 0 Å². The second kappa shape index (κ2) is 28.1. The Kier molecular flexibility index (Phi) is 20.5. The predicted octanol–water partition coefficient (Wildman–Crippen LogP) is 16.3. The van der Waals surface area contributed by atoms with Crippen molar-refractivity contribution >= 4 is 10.9 Å². The molecule has 69 heavy (non-hydrogen) atoms. The van der Waals surface area contributed by atoms with Gasteiger partial charge in [0.1, 0.15) is 37.9 Å². The maximum Gasteiger partial charge on any atom is 0.235 e. The topological polar surface area (TPSA) is 68.2 Å². The highest BCUT2D eigenvalue weighted by Gasteiger charge is 2.25. The molecule has 7 nitrogen and oxygen atoms in total. The molecule has 7 rings (SSSR count). The maximum absolute atomic E-state index is 15.4. The third kappa shape index (κ3) is 15.5. The summed E-state index contributed by atoms with van der Waals surface area (Å²) in [5.74, 6) is 2.48. The van der Waals surface area contributed by atoms with Gasteiger partial charge in [-0.1, -0.05) is 225 Å². The van der Waals surface area contributed by atoms with E-state index < -0.39 is 0 Å². The van der Waals surface area contributed by atoms with Crippen molar-refractivity contribution in [3.8, 4) is 40.0 Å². The molecular weight excluding hydrogens is 855 g/mol. The largest absolute Gasteiger partial charge is 0.493 e. The van der Waals surface area contributed by atoms with Gasteiger partial charge in [-0.25, -0.2) is 0 Å². The molecule has 0 aliphatic heterocycles. The first-order valence-electron chi connectivity index (χ1n) is 25.7. The van der Waals surface area contributed by atoms with Crippen LogP contribution in [-0.2, 0) is 33.0 Å². The van der Waals surface area contributed by atoms with Crippen LogP contribution in [0.1, 0.15) is 132 Å². The summed E-state index contributed by atoms with van der Waals surface area (Å²) >= 11 is 0. The molecule has 0 bridgehead atoms. The highest BCUT2D eigenvalue weighted by Crippen LogP contribution is 2.41. The van der Waals surface area contributed by atoms with E-state index in [9.17, 15) is 0 Å². The zero-order chi connectivity index (χ0) is 47.7. The average molecular weight is 928 g/mol. The monoisotopic (exact) mass is 928 g/mol. The number of rotatable bonds is 31. The minimum absolute atomic E-state index is 0.210. The van der Waals surface area contributed by atoms with Crippen molar-refractivity contribution in [3.05, 3.63) is 184 Å². The molecule has 0 saturated carbocycles. The van der Waals surface area contributed by atoms with Crippen LogP contribution in [0.15, 0.2) is 156 Å². The molecule has 0 aliphatic carbocycles. The first kappa shape index (κ1) is 50.4.